The molecule has 8 heteroatoms. The number of ether oxygens (including phenoxy) is 2. The second-order valence-electron chi connectivity index (χ2n) is 4.45. The van der Waals surface area contributed by atoms with E-state index in [-0.39, 0.29) is 16.9 Å². The third kappa shape index (κ3) is 4.80. The Hall–Kier alpha value is -3.42. The highest BCUT2D eigenvalue weighted by molar-refractivity contribution is 5.91. The van der Waals surface area contributed by atoms with E-state index in [0.29, 0.717) is 17.2 Å². The van der Waals surface area contributed by atoms with E-state index < -0.39 is 11.9 Å². The maximum Gasteiger partial charge on any atom is 0.339 e. The van der Waals surface area contributed by atoms with E-state index in [1.165, 1.54) is 44.6 Å². The largest absolute Gasteiger partial charge is 0.507 e. The van der Waals surface area contributed by atoms with Gasteiger partial charge in [-0.05, 0) is 24.3 Å². The topological polar surface area (TPSA) is 139 Å². The molecule has 0 amide bonds. The SMILES string of the molecule is COc1ccc(C(=O)O)c(OC)c1.Nc1ccc(C(=O)O)c(O)c1. The molecule has 2 rings (SSSR count). The van der Waals surface area contributed by atoms with E-state index in [2.05, 4.69) is 0 Å². The van der Waals surface area contributed by atoms with Crippen molar-refractivity contribution in [3.05, 3.63) is 47.5 Å². The zero-order valence-corrected chi connectivity index (χ0v) is 13.0. The van der Waals surface area contributed by atoms with Gasteiger partial charge in [0.05, 0.1) is 14.2 Å². The summed E-state index contributed by atoms with van der Waals surface area (Å²) in [5.74, 6) is -1.62. The van der Waals surface area contributed by atoms with Crippen LogP contribution in [0.15, 0.2) is 36.4 Å². The molecule has 0 spiro atoms. The van der Waals surface area contributed by atoms with Crippen molar-refractivity contribution in [1.82, 2.24) is 0 Å². The molecule has 0 bridgehead atoms. The maximum atomic E-state index is 10.7. The van der Waals surface area contributed by atoms with E-state index in [1.807, 2.05) is 0 Å². The Morgan fingerprint density at radius 1 is 0.917 bits per heavy atom. The number of aromatic carboxylic acids is 2. The van der Waals surface area contributed by atoms with E-state index in [1.54, 1.807) is 6.07 Å². The summed E-state index contributed by atoms with van der Waals surface area (Å²) in [7, 11) is 2.93. The van der Waals surface area contributed by atoms with Crippen LogP contribution in [0.2, 0.25) is 0 Å². The molecule has 0 fully saturated rings. The summed E-state index contributed by atoms with van der Waals surface area (Å²) in [5, 5.41) is 26.2. The zero-order valence-electron chi connectivity index (χ0n) is 13.0. The lowest BCUT2D eigenvalue weighted by atomic mass is 10.2. The first kappa shape index (κ1) is 18.6. The number of nitrogens with two attached hydrogens (primary N) is 1. The van der Waals surface area contributed by atoms with Crippen molar-refractivity contribution in [2.24, 2.45) is 0 Å². The van der Waals surface area contributed by atoms with Crippen molar-refractivity contribution < 1.29 is 34.4 Å². The van der Waals surface area contributed by atoms with Gasteiger partial charge in [-0.25, -0.2) is 9.59 Å². The third-order valence-electron chi connectivity index (χ3n) is 2.89. The molecule has 0 radical (unpaired) electrons. The summed E-state index contributed by atoms with van der Waals surface area (Å²) in [6.07, 6.45) is 0. The molecular formula is C16H17NO7. The second-order valence-corrected chi connectivity index (χ2v) is 4.45. The van der Waals surface area contributed by atoms with Crippen LogP contribution < -0.4 is 15.2 Å². The second kappa shape index (κ2) is 8.28. The van der Waals surface area contributed by atoms with Gasteiger partial charge in [-0.1, -0.05) is 0 Å². The van der Waals surface area contributed by atoms with Gasteiger partial charge in [0.25, 0.3) is 0 Å². The molecule has 0 heterocycles. The van der Waals surface area contributed by atoms with E-state index in [0.717, 1.165) is 0 Å². The highest BCUT2D eigenvalue weighted by atomic mass is 16.5. The number of carboxylic acids is 2. The number of carboxylic acid groups (broad SMARTS) is 2. The summed E-state index contributed by atoms with van der Waals surface area (Å²) < 4.78 is 9.81. The number of hydrogen-bond donors (Lipinski definition) is 4. The lowest BCUT2D eigenvalue weighted by Gasteiger charge is -2.06. The summed E-state index contributed by atoms with van der Waals surface area (Å²) in [4.78, 5) is 21.0. The highest BCUT2D eigenvalue weighted by Crippen LogP contribution is 2.24. The van der Waals surface area contributed by atoms with Gasteiger partial charge in [0.15, 0.2) is 0 Å². The van der Waals surface area contributed by atoms with Crippen LogP contribution in [0.25, 0.3) is 0 Å². The summed E-state index contributed by atoms with van der Waals surface area (Å²) in [6.45, 7) is 0. The van der Waals surface area contributed by atoms with Crippen LogP contribution in [0.3, 0.4) is 0 Å². The number of anilines is 1. The quantitative estimate of drug-likeness (QED) is 0.623. The number of rotatable bonds is 4. The normalized spacial score (nSPS) is 9.42. The first-order valence-electron chi connectivity index (χ1n) is 6.57. The lowest BCUT2D eigenvalue weighted by molar-refractivity contribution is 0.0682. The summed E-state index contributed by atoms with van der Waals surface area (Å²) >= 11 is 0. The van der Waals surface area contributed by atoms with Gasteiger partial charge in [0, 0.05) is 17.8 Å². The first-order chi connectivity index (χ1) is 11.3. The van der Waals surface area contributed by atoms with Gasteiger partial charge in [-0.2, -0.15) is 0 Å². The van der Waals surface area contributed by atoms with Gasteiger partial charge >= 0.3 is 11.9 Å². The zero-order chi connectivity index (χ0) is 18.3. The minimum absolute atomic E-state index is 0.128. The number of phenols is 1. The molecule has 5 N–H and O–H groups in total. The Morgan fingerprint density at radius 3 is 1.96 bits per heavy atom. The summed E-state index contributed by atoms with van der Waals surface area (Å²) in [5.41, 5.74) is 5.60. The van der Waals surface area contributed by atoms with Crippen molar-refractivity contribution in [1.29, 1.82) is 0 Å². The average molecular weight is 335 g/mol. The molecule has 8 nitrogen and oxygen atoms in total. The maximum absolute atomic E-state index is 10.7. The Balaban J connectivity index is 0.000000243. The standard InChI is InChI=1S/C9H10O4.C7H7NO3/c1-12-6-3-4-7(9(10)11)8(5-6)13-2;8-4-1-2-5(7(10)11)6(9)3-4/h3-5H,1-2H3,(H,10,11);1-3,9H,8H2,(H,10,11). The van der Waals surface area contributed by atoms with Crippen LogP contribution >= 0.6 is 0 Å². The molecule has 24 heavy (non-hydrogen) atoms. The van der Waals surface area contributed by atoms with Gasteiger partial charge < -0.3 is 30.5 Å². The van der Waals surface area contributed by atoms with E-state index >= 15 is 0 Å². The van der Waals surface area contributed by atoms with Crippen LogP contribution in [-0.2, 0) is 0 Å². The molecule has 0 aliphatic heterocycles. The van der Waals surface area contributed by atoms with Gasteiger partial charge in [0.1, 0.15) is 28.4 Å². The molecule has 2 aromatic rings. The van der Waals surface area contributed by atoms with Gasteiger partial charge in [-0.15, -0.1) is 0 Å². The molecule has 2 aromatic carbocycles. The van der Waals surface area contributed by atoms with Crippen LogP contribution in [-0.4, -0.2) is 41.5 Å². The molecule has 0 atom stereocenters. The first-order valence-corrected chi connectivity index (χ1v) is 6.57. The Morgan fingerprint density at radius 2 is 1.50 bits per heavy atom. The molecule has 128 valence electrons. The van der Waals surface area contributed by atoms with Crippen LogP contribution in [0.1, 0.15) is 20.7 Å². The fourth-order valence-electron chi connectivity index (χ4n) is 1.70. The van der Waals surface area contributed by atoms with Crippen molar-refractivity contribution in [3.8, 4) is 17.2 Å². The smallest absolute Gasteiger partial charge is 0.339 e. The van der Waals surface area contributed by atoms with Crippen LogP contribution in [0.4, 0.5) is 5.69 Å². The van der Waals surface area contributed by atoms with Crippen molar-refractivity contribution in [3.63, 3.8) is 0 Å². The number of benzene rings is 2. The number of aromatic hydroxyl groups is 1. The van der Waals surface area contributed by atoms with Crippen molar-refractivity contribution in [2.45, 2.75) is 0 Å². The minimum Gasteiger partial charge on any atom is -0.507 e. The molecule has 0 aliphatic carbocycles. The number of nitrogen functional groups attached to an aromatic ring is 1. The number of hydrogen-bond acceptors (Lipinski definition) is 6. The fraction of sp³-hybridized carbons (Fsp3) is 0.125. The average Bonchev–Trinajstić information content (AvgIpc) is 2.54. The van der Waals surface area contributed by atoms with E-state index in [4.69, 9.17) is 30.5 Å². The Bertz CT molecular complexity index is 743. The molecule has 0 saturated heterocycles. The molecule has 0 saturated carbocycles. The number of methoxy groups -OCH3 is 2. The van der Waals surface area contributed by atoms with Crippen molar-refractivity contribution in [2.75, 3.05) is 20.0 Å². The Kier molecular flexibility index (Phi) is 6.42. The Labute approximate surface area is 137 Å². The third-order valence-corrected chi connectivity index (χ3v) is 2.89. The van der Waals surface area contributed by atoms with Crippen molar-refractivity contribution >= 4 is 17.6 Å². The van der Waals surface area contributed by atoms with Gasteiger partial charge in [-0.3, -0.25) is 0 Å². The van der Waals surface area contributed by atoms with Crippen LogP contribution in [0, 0.1) is 0 Å². The molecular weight excluding hydrogens is 318 g/mol. The minimum atomic E-state index is -1.16. The van der Waals surface area contributed by atoms with Crippen LogP contribution in [0.5, 0.6) is 17.2 Å². The number of carbonyl (C=O) groups is 2. The monoisotopic (exact) mass is 335 g/mol. The summed E-state index contributed by atoms with van der Waals surface area (Å²) in [6, 6.07) is 8.43. The highest BCUT2D eigenvalue weighted by Gasteiger charge is 2.11. The molecule has 0 aliphatic rings. The van der Waals surface area contributed by atoms with E-state index in [9.17, 15) is 9.59 Å². The molecule has 0 aromatic heterocycles. The predicted molar refractivity (Wildman–Crippen MR) is 86.0 cm³/mol. The fourth-order valence-corrected chi connectivity index (χ4v) is 1.70. The van der Waals surface area contributed by atoms with Gasteiger partial charge in [0.2, 0.25) is 0 Å². The molecule has 0 unspecified atom stereocenters. The lowest BCUT2D eigenvalue weighted by Crippen LogP contribution is -2.00. The predicted octanol–water partition coefficient (Wildman–Crippen LogP) is 2.07.